The molecule has 1 aromatic carbocycles. The molecule has 0 bridgehead atoms. The van der Waals surface area contributed by atoms with Gasteiger partial charge >= 0.3 is 0 Å². The lowest BCUT2D eigenvalue weighted by atomic mass is 10.1. The van der Waals surface area contributed by atoms with Crippen molar-refractivity contribution in [2.75, 3.05) is 0 Å². The maximum Gasteiger partial charge on any atom is 0.151 e. The summed E-state index contributed by atoms with van der Waals surface area (Å²) >= 11 is 12.0. The second-order valence-electron chi connectivity index (χ2n) is 3.66. The Hall–Kier alpha value is -0.860. The number of rotatable bonds is 1. The zero-order valence-corrected chi connectivity index (χ0v) is 9.97. The van der Waals surface area contributed by atoms with Crippen molar-refractivity contribution >= 4 is 34.2 Å². The van der Waals surface area contributed by atoms with Gasteiger partial charge in [-0.3, -0.25) is 0 Å². The third-order valence-corrected chi connectivity index (χ3v) is 2.76. The van der Waals surface area contributed by atoms with Crippen LogP contribution < -0.4 is 0 Å². The van der Waals surface area contributed by atoms with Gasteiger partial charge in [-0.15, -0.1) is 0 Å². The topological polar surface area (TPSA) is 25.8 Å². The first-order chi connectivity index (χ1) is 7.09. The summed E-state index contributed by atoms with van der Waals surface area (Å²) in [6.07, 6.45) is 0. The Morgan fingerprint density at radius 3 is 2.53 bits per heavy atom. The van der Waals surface area contributed by atoms with E-state index in [2.05, 4.69) is 9.97 Å². The monoisotopic (exact) mass is 240 g/mol. The molecule has 78 valence electrons. The molecular formula is C11H10Cl2N2. The fourth-order valence-corrected chi connectivity index (χ4v) is 1.96. The van der Waals surface area contributed by atoms with Crippen LogP contribution in [0.2, 0.25) is 10.2 Å². The molecule has 0 aliphatic carbocycles. The molecule has 2 rings (SSSR count). The lowest BCUT2D eigenvalue weighted by molar-refractivity contribution is 0.822. The Labute approximate surface area is 98.3 Å². The number of para-hydroxylation sites is 1. The Bertz CT molecular complexity index is 509. The van der Waals surface area contributed by atoms with E-state index in [0.29, 0.717) is 15.7 Å². The van der Waals surface area contributed by atoms with Crippen LogP contribution in [-0.2, 0) is 0 Å². The van der Waals surface area contributed by atoms with Gasteiger partial charge < -0.3 is 0 Å². The van der Waals surface area contributed by atoms with Crippen molar-refractivity contribution in [1.29, 1.82) is 0 Å². The number of benzene rings is 1. The summed E-state index contributed by atoms with van der Waals surface area (Å²) in [6.45, 7) is 4.07. The van der Waals surface area contributed by atoms with Gasteiger partial charge in [-0.1, -0.05) is 43.1 Å². The van der Waals surface area contributed by atoms with Crippen LogP contribution in [0.3, 0.4) is 0 Å². The van der Waals surface area contributed by atoms with E-state index in [9.17, 15) is 0 Å². The van der Waals surface area contributed by atoms with E-state index in [0.717, 1.165) is 11.2 Å². The third kappa shape index (κ3) is 1.92. The lowest BCUT2D eigenvalue weighted by Crippen LogP contribution is -1.97. The van der Waals surface area contributed by atoms with E-state index in [4.69, 9.17) is 23.2 Å². The van der Waals surface area contributed by atoms with Crippen LogP contribution in [0, 0.1) is 0 Å². The Morgan fingerprint density at radius 2 is 1.87 bits per heavy atom. The quantitative estimate of drug-likeness (QED) is 0.752. The molecule has 0 unspecified atom stereocenters. The van der Waals surface area contributed by atoms with Gasteiger partial charge in [0.15, 0.2) is 5.15 Å². The highest BCUT2D eigenvalue weighted by molar-refractivity contribution is 6.35. The van der Waals surface area contributed by atoms with Crippen LogP contribution in [0.15, 0.2) is 18.2 Å². The van der Waals surface area contributed by atoms with Gasteiger partial charge in [-0.2, -0.15) is 0 Å². The number of halogens is 2. The highest BCUT2D eigenvalue weighted by Gasteiger charge is 2.11. The van der Waals surface area contributed by atoms with Crippen LogP contribution in [0.5, 0.6) is 0 Å². The summed E-state index contributed by atoms with van der Waals surface area (Å²) in [5.41, 5.74) is 2.26. The first-order valence-electron chi connectivity index (χ1n) is 4.71. The second-order valence-corrected chi connectivity index (χ2v) is 4.43. The summed E-state index contributed by atoms with van der Waals surface area (Å²) in [4.78, 5) is 8.72. The predicted octanol–water partition coefficient (Wildman–Crippen LogP) is 4.06. The summed E-state index contributed by atoms with van der Waals surface area (Å²) in [6, 6.07) is 5.53. The van der Waals surface area contributed by atoms with Gasteiger partial charge in [0.05, 0.1) is 16.2 Å². The van der Waals surface area contributed by atoms with Crippen molar-refractivity contribution in [1.82, 2.24) is 9.97 Å². The maximum atomic E-state index is 6.04. The number of nitrogens with zero attached hydrogens (tertiary/aromatic N) is 2. The highest BCUT2D eigenvalue weighted by Crippen LogP contribution is 2.26. The molecule has 0 aliphatic rings. The molecule has 15 heavy (non-hydrogen) atoms. The summed E-state index contributed by atoms with van der Waals surface area (Å²) in [5.74, 6) is 0.258. The van der Waals surface area contributed by atoms with Crippen LogP contribution in [0.1, 0.15) is 25.5 Å². The minimum atomic E-state index is 0.258. The molecule has 4 heteroatoms. The zero-order valence-electron chi connectivity index (χ0n) is 8.46. The summed E-state index contributed by atoms with van der Waals surface area (Å²) < 4.78 is 0. The molecule has 1 heterocycles. The zero-order chi connectivity index (χ0) is 11.0. The fraction of sp³-hybridized carbons (Fsp3) is 0.273. The largest absolute Gasteiger partial charge is 0.248 e. The van der Waals surface area contributed by atoms with E-state index in [1.807, 2.05) is 26.0 Å². The van der Waals surface area contributed by atoms with Crippen molar-refractivity contribution in [3.8, 4) is 0 Å². The van der Waals surface area contributed by atoms with Gasteiger partial charge in [0.2, 0.25) is 0 Å². The van der Waals surface area contributed by atoms with Crippen molar-refractivity contribution in [3.63, 3.8) is 0 Å². The fourth-order valence-electron chi connectivity index (χ4n) is 1.40. The average Bonchev–Trinajstić information content (AvgIpc) is 2.18. The molecule has 0 N–H and O–H groups in total. The van der Waals surface area contributed by atoms with Crippen LogP contribution in [0.25, 0.3) is 11.0 Å². The number of fused-ring (bicyclic) bond motifs is 1. The molecular weight excluding hydrogens is 231 g/mol. The van der Waals surface area contributed by atoms with Gasteiger partial charge in [0.25, 0.3) is 0 Å². The van der Waals surface area contributed by atoms with Crippen molar-refractivity contribution in [2.45, 2.75) is 19.8 Å². The van der Waals surface area contributed by atoms with Crippen LogP contribution >= 0.6 is 23.2 Å². The molecule has 0 spiro atoms. The van der Waals surface area contributed by atoms with E-state index in [1.165, 1.54) is 0 Å². The smallest absolute Gasteiger partial charge is 0.151 e. The van der Waals surface area contributed by atoms with E-state index in [1.54, 1.807) is 6.07 Å². The molecule has 0 saturated carbocycles. The molecule has 0 atom stereocenters. The Kier molecular flexibility index (Phi) is 2.81. The standard InChI is InChI=1S/C11H10Cl2N2/c1-6(2)9-11(13)15-10-7(12)4-3-5-8(10)14-9/h3-6H,1-2H3. The van der Waals surface area contributed by atoms with Crippen molar-refractivity contribution < 1.29 is 0 Å². The lowest BCUT2D eigenvalue weighted by Gasteiger charge is -2.08. The number of aromatic nitrogens is 2. The second kappa shape index (κ2) is 3.95. The molecule has 2 nitrogen and oxygen atoms in total. The van der Waals surface area contributed by atoms with Gasteiger partial charge in [-0.25, -0.2) is 9.97 Å². The highest BCUT2D eigenvalue weighted by atomic mass is 35.5. The van der Waals surface area contributed by atoms with Crippen LogP contribution in [0.4, 0.5) is 0 Å². The minimum absolute atomic E-state index is 0.258. The number of hydrogen-bond donors (Lipinski definition) is 0. The SMILES string of the molecule is CC(C)c1nc2cccc(Cl)c2nc1Cl. The first-order valence-corrected chi connectivity index (χ1v) is 5.47. The first kappa shape index (κ1) is 10.7. The third-order valence-electron chi connectivity index (χ3n) is 2.17. The molecule has 0 aliphatic heterocycles. The maximum absolute atomic E-state index is 6.04. The summed E-state index contributed by atoms with van der Waals surface area (Å²) in [5, 5.41) is 1.02. The molecule has 2 aromatic rings. The van der Waals surface area contributed by atoms with E-state index in [-0.39, 0.29) is 5.92 Å². The van der Waals surface area contributed by atoms with E-state index < -0.39 is 0 Å². The molecule has 1 aromatic heterocycles. The molecule has 0 amide bonds. The van der Waals surface area contributed by atoms with Crippen LogP contribution in [-0.4, -0.2) is 9.97 Å². The van der Waals surface area contributed by atoms with Crippen molar-refractivity contribution in [2.24, 2.45) is 0 Å². The Balaban J connectivity index is 2.76. The molecule has 0 saturated heterocycles. The molecule has 0 fully saturated rings. The predicted molar refractivity (Wildman–Crippen MR) is 63.6 cm³/mol. The molecule has 0 radical (unpaired) electrons. The van der Waals surface area contributed by atoms with Crippen molar-refractivity contribution in [3.05, 3.63) is 34.1 Å². The van der Waals surface area contributed by atoms with E-state index >= 15 is 0 Å². The number of hydrogen-bond acceptors (Lipinski definition) is 2. The summed E-state index contributed by atoms with van der Waals surface area (Å²) in [7, 11) is 0. The Morgan fingerprint density at radius 1 is 1.13 bits per heavy atom. The van der Waals surface area contributed by atoms with Gasteiger partial charge in [0.1, 0.15) is 5.52 Å². The van der Waals surface area contributed by atoms with Gasteiger partial charge in [0, 0.05) is 0 Å². The average molecular weight is 241 g/mol. The normalized spacial score (nSPS) is 11.3. The minimum Gasteiger partial charge on any atom is -0.248 e. The van der Waals surface area contributed by atoms with Gasteiger partial charge in [-0.05, 0) is 18.1 Å².